The van der Waals surface area contributed by atoms with Crippen molar-refractivity contribution in [2.45, 2.75) is 6.92 Å². The molecule has 2 aromatic heterocycles. The van der Waals surface area contributed by atoms with Crippen molar-refractivity contribution in [3.05, 3.63) is 22.0 Å². The highest BCUT2D eigenvalue weighted by Crippen LogP contribution is 2.25. The largest absolute Gasteiger partial charge is 0.378 e. The molecule has 0 saturated carbocycles. The predicted octanol–water partition coefficient (Wildman–Crippen LogP) is 2.24. The summed E-state index contributed by atoms with van der Waals surface area (Å²) in [5, 5.41) is 3.11. The van der Waals surface area contributed by atoms with Gasteiger partial charge in [-0.25, -0.2) is 9.97 Å². The molecule has 0 amide bonds. The smallest absolute Gasteiger partial charge is 0.187 e. The molecule has 0 aliphatic carbocycles. The SMILES string of the molecule is Cc1c(Br)ncn1-c1csc(N2CCOCC2)n1. The number of halogens is 1. The summed E-state index contributed by atoms with van der Waals surface area (Å²) in [4.78, 5) is 11.2. The first kappa shape index (κ1) is 12.1. The molecule has 0 radical (unpaired) electrons. The Morgan fingerprint density at radius 1 is 1.39 bits per heavy atom. The van der Waals surface area contributed by atoms with E-state index >= 15 is 0 Å². The van der Waals surface area contributed by atoms with E-state index in [1.807, 2.05) is 11.5 Å². The summed E-state index contributed by atoms with van der Waals surface area (Å²) in [7, 11) is 0. The van der Waals surface area contributed by atoms with Gasteiger partial charge in [-0.15, -0.1) is 11.3 Å². The quantitative estimate of drug-likeness (QED) is 0.848. The van der Waals surface area contributed by atoms with Gasteiger partial charge in [0, 0.05) is 18.5 Å². The van der Waals surface area contributed by atoms with E-state index in [1.165, 1.54) is 0 Å². The zero-order valence-corrected chi connectivity index (χ0v) is 12.4. The average Bonchev–Trinajstić information content (AvgIpc) is 3.00. The molecule has 5 nitrogen and oxygen atoms in total. The van der Waals surface area contributed by atoms with Crippen molar-refractivity contribution >= 4 is 32.4 Å². The van der Waals surface area contributed by atoms with Gasteiger partial charge in [-0.05, 0) is 22.9 Å². The van der Waals surface area contributed by atoms with Gasteiger partial charge in [-0.2, -0.15) is 0 Å². The minimum atomic E-state index is 0.782. The first-order chi connectivity index (χ1) is 8.75. The fourth-order valence-electron chi connectivity index (χ4n) is 1.89. The molecule has 0 bridgehead atoms. The number of hydrogen-bond acceptors (Lipinski definition) is 5. The number of aromatic nitrogens is 3. The molecule has 0 spiro atoms. The summed E-state index contributed by atoms with van der Waals surface area (Å²) >= 11 is 5.08. The molecule has 2 aromatic rings. The van der Waals surface area contributed by atoms with E-state index in [9.17, 15) is 0 Å². The summed E-state index contributed by atoms with van der Waals surface area (Å²) < 4.78 is 8.20. The van der Waals surface area contributed by atoms with E-state index in [2.05, 4.69) is 36.2 Å². The number of anilines is 1. The van der Waals surface area contributed by atoms with Crippen LogP contribution in [0, 0.1) is 6.92 Å². The molecule has 7 heteroatoms. The fourth-order valence-corrected chi connectivity index (χ4v) is 3.02. The van der Waals surface area contributed by atoms with E-state index in [-0.39, 0.29) is 0 Å². The number of imidazole rings is 1. The van der Waals surface area contributed by atoms with Crippen molar-refractivity contribution in [2.24, 2.45) is 0 Å². The average molecular weight is 329 g/mol. The van der Waals surface area contributed by atoms with E-state index in [0.29, 0.717) is 0 Å². The molecular weight excluding hydrogens is 316 g/mol. The molecular formula is C11H13BrN4OS. The molecule has 0 atom stereocenters. The fraction of sp³-hybridized carbons (Fsp3) is 0.455. The van der Waals surface area contributed by atoms with Gasteiger partial charge in [0.2, 0.25) is 0 Å². The van der Waals surface area contributed by atoms with Gasteiger partial charge < -0.3 is 9.64 Å². The van der Waals surface area contributed by atoms with Gasteiger partial charge in [0.1, 0.15) is 10.9 Å². The van der Waals surface area contributed by atoms with Crippen LogP contribution in [0.25, 0.3) is 5.82 Å². The van der Waals surface area contributed by atoms with Gasteiger partial charge in [0.05, 0.1) is 18.9 Å². The molecule has 1 aliphatic heterocycles. The molecule has 3 heterocycles. The van der Waals surface area contributed by atoms with Crippen molar-refractivity contribution in [1.82, 2.24) is 14.5 Å². The van der Waals surface area contributed by atoms with Gasteiger partial charge >= 0.3 is 0 Å². The van der Waals surface area contributed by atoms with Crippen LogP contribution < -0.4 is 4.90 Å². The summed E-state index contributed by atoms with van der Waals surface area (Å²) in [6, 6.07) is 0. The minimum absolute atomic E-state index is 0.782. The Hall–Kier alpha value is -0.920. The summed E-state index contributed by atoms with van der Waals surface area (Å²) in [6.07, 6.45) is 1.79. The third-order valence-corrected chi connectivity index (χ3v) is 4.62. The van der Waals surface area contributed by atoms with Crippen LogP contribution in [0.4, 0.5) is 5.13 Å². The highest BCUT2D eigenvalue weighted by atomic mass is 79.9. The maximum Gasteiger partial charge on any atom is 0.187 e. The number of morpholine rings is 1. The molecule has 0 unspecified atom stereocenters. The van der Waals surface area contributed by atoms with Gasteiger partial charge in [0.25, 0.3) is 0 Å². The van der Waals surface area contributed by atoms with Crippen LogP contribution in [0.15, 0.2) is 16.3 Å². The van der Waals surface area contributed by atoms with Crippen LogP contribution in [0.3, 0.4) is 0 Å². The zero-order chi connectivity index (χ0) is 12.5. The first-order valence-electron chi connectivity index (χ1n) is 5.74. The highest BCUT2D eigenvalue weighted by Gasteiger charge is 2.16. The van der Waals surface area contributed by atoms with Crippen LogP contribution in [0.1, 0.15) is 5.69 Å². The van der Waals surface area contributed by atoms with Gasteiger partial charge in [-0.1, -0.05) is 0 Å². The van der Waals surface area contributed by atoms with Crippen molar-refractivity contribution in [3.63, 3.8) is 0 Å². The van der Waals surface area contributed by atoms with Crippen molar-refractivity contribution in [3.8, 4) is 5.82 Å². The van der Waals surface area contributed by atoms with E-state index in [4.69, 9.17) is 4.74 Å². The predicted molar refractivity (Wildman–Crippen MR) is 74.7 cm³/mol. The third kappa shape index (κ3) is 2.17. The lowest BCUT2D eigenvalue weighted by Gasteiger charge is -2.25. The minimum Gasteiger partial charge on any atom is -0.378 e. The molecule has 1 fully saturated rings. The molecule has 1 saturated heterocycles. The normalized spacial score (nSPS) is 16.2. The molecule has 0 aromatic carbocycles. The number of nitrogens with zero attached hydrogens (tertiary/aromatic N) is 4. The summed E-state index contributed by atoms with van der Waals surface area (Å²) in [6.45, 7) is 5.42. The van der Waals surface area contributed by atoms with Gasteiger partial charge in [-0.3, -0.25) is 4.57 Å². The Morgan fingerprint density at radius 3 is 2.83 bits per heavy atom. The highest BCUT2D eigenvalue weighted by molar-refractivity contribution is 9.10. The second kappa shape index (κ2) is 4.99. The Morgan fingerprint density at radius 2 is 2.17 bits per heavy atom. The molecule has 1 aliphatic rings. The first-order valence-corrected chi connectivity index (χ1v) is 7.41. The second-order valence-electron chi connectivity index (χ2n) is 4.08. The van der Waals surface area contributed by atoms with Crippen molar-refractivity contribution in [1.29, 1.82) is 0 Å². The van der Waals surface area contributed by atoms with Crippen LogP contribution in [0.2, 0.25) is 0 Å². The monoisotopic (exact) mass is 328 g/mol. The molecule has 0 N–H and O–H groups in total. The molecule has 96 valence electrons. The Labute approximate surface area is 118 Å². The Balaban J connectivity index is 1.87. The third-order valence-electron chi connectivity index (χ3n) is 2.95. The van der Waals surface area contributed by atoms with Crippen molar-refractivity contribution in [2.75, 3.05) is 31.2 Å². The lowest BCUT2D eigenvalue weighted by molar-refractivity contribution is 0.122. The van der Waals surface area contributed by atoms with Crippen LogP contribution in [0.5, 0.6) is 0 Å². The van der Waals surface area contributed by atoms with E-state index < -0.39 is 0 Å². The van der Waals surface area contributed by atoms with Gasteiger partial charge in [0.15, 0.2) is 10.9 Å². The number of thiazole rings is 1. The molecule has 3 rings (SSSR count). The maximum absolute atomic E-state index is 5.35. The van der Waals surface area contributed by atoms with Crippen LogP contribution >= 0.6 is 27.3 Å². The van der Waals surface area contributed by atoms with Crippen LogP contribution in [-0.4, -0.2) is 40.8 Å². The van der Waals surface area contributed by atoms with E-state index in [1.54, 1.807) is 17.7 Å². The standard InChI is InChI=1S/C11H13BrN4OS/c1-8-10(12)13-7-16(8)9-6-18-11(14-9)15-2-4-17-5-3-15/h6-7H,2-5H2,1H3. The van der Waals surface area contributed by atoms with E-state index in [0.717, 1.165) is 47.5 Å². The number of hydrogen-bond donors (Lipinski definition) is 0. The molecule has 18 heavy (non-hydrogen) atoms. The Kier molecular flexibility index (Phi) is 3.36. The zero-order valence-electron chi connectivity index (χ0n) is 9.97. The topological polar surface area (TPSA) is 43.2 Å². The lowest BCUT2D eigenvalue weighted by atomic mass is 10.5. The maximum atomic E-state index is 5.35. The second-order valence-corrected chi connectivity index (χ2v) is 5.67. The van der Waals surface area contributed by atoms with Crippen molar-refractivity contribution < 1.29 is 4.74 Å². The Bertz CT molecular complexity index is 547. The lowest BCUT2D eigenvalue weighted by Crippen LogP contribution is -2.36. The summed E-state index contributed by atoms with van der Waals surface area (Å²) in [5.41, 5.74) is 1.06. The summed E-state index contributed by atoms with van der Waals surface area (Å²) in [5.74, 6) is 0.928. The number of rotatable bonds is 2. The number of ether oxygens (including phenoxy) is 1. The van der Waals surface area contributed by atoms with Crippen LogP contribution in [-0.2, 0) is 4.74 Å².